The van der Waals surface area contributed by atoms with Crippen molar-refractivity contribution in [2.45, 2.75) is 19.3 Å². The van der Waals surface area contributed by atoms with Crippen molar-refractivity contribution in [1.29, 1.82) is 0 Å². The van der Waals surface area contributed by atoms with Crippen molar-refractivity contribution in [3.63, 3.8) is 0 Å². The highest BCUT2D eigenvalue weighted by Gasteiger charge is 2.23. The monoisotopic (exact) mass is 193 g/mol. The lowest BCUT2D eigenvalue weighted by Crippen LogP contribution is -2.27. The summed E-state index contributed by atoms with van der Waals surface area (Å²) in [6.07, 6.45) is 2.50. The molecule has 0 aromatic heterocycles. The fourth-order valence-corrected chi connectivity index (χ4v) is 3.44. The summed E-state index contributed by atoms with van der Waals surface area (Å²) in [6.45, 7) is 0.486. The smallest absolute Gasteiger partial charge is 0.150 e. The first-order chi connectivity index (χ1) is 5.64. The van der Waals surface area contributed by atoms with Crippen LogP contribution in [0.5, 0.6) is 0 Å². The highest BCUT2D eigenvalue weighted by atomic mass is 32.2. The maximum Gasteiger partial charge on any atom is 0.150 e. The minimum absolute atomic E-state index is 0.239. The van der Waals surface area contributed by atoms with Gasteiger partial charge < -0.3 is 5.21 Å². The van der Waals surface area contributed by atoms with Crippen LogP contribution in [0.3, 0.4) is 0 Å². The Labute approximate surface area is 72.8 Å². The van der Waals surface area contributed by atoms with Gasteiger partial charge in [-0.2, -0.15) is 0 Å². The standard InChI is InChI=1S/C7H15NO3S/c9-8-4-3-7-2-1-5-12(10,11)6-7/h7-9H,1-6H2. The molecule has 1 aliphatic rings. The highest BCUT2D eigenvalue weighted by molar-refractivity contribution is 7.91. The molecule has 1 aliphatic heterocycles. The number of sulfone groups is 1. The number of hydrogen-bond acceptors (Lipinski definition) is 4. The first-order valence-electron chi connectivity index (χ1n) is 4.21. The van der Waals surface area contributed by atoms with E-state index in [1.807, 2.05) is 5.48 Å². The van der Waals surface area contributed by atoms with E-state index in [1.165, 1.54) is 0 Å². The molecule has 72 valence electrons. The summed E-state index contributed by atoms with van der Waals surface area (Å²) in [5, 5.41) is 8.33. The molecule has 1 unspecified atom stereocenters. The van der Waals surface area contributed by atoms with Crippen LogP contribution in [0.15, 0.2) is 0 Å². The molecule has 0 aromatic carbocycles. The van der Waals surface area contributed by atoms with Crippen LogP contribution in [0.2, 0.25) is 0 Å². The molecular formula is C7H15NO3S. The van der Waals surface area contributed by atoms with Crippen LogP contribution in [-0.2, 0) is 9.84 Å². The van der Waals surface area contributed by atoms with E-state index in [9.17, 15) is 8.42 Å². The molecule has 2 N–H and O–H groups in total. The molecule has 1 heterocycles. The van der Waals surface area contributed by atoms with Gasteiger partial charge in [-0.15, -0.1) is 0 Å². The van der Waals surface area contributed by atoms with Gasteiger partial charge in [-0.3, -0.25) is 0 Å². The fourth-order valence-electron chi connectivity index (χ4n) is 1.61. The van der Waals surface area contributed by atoms with Crippen molar-refractivity contribution < 1.29 is 13.6 Å². The Kier molecular flexibility index (Phi) is 3.49. The average molecular weight is 193 g/mol. The molecule has 0 saturated carbocycles. The van der Waals surface area contributed by atoms with Gasteiger partial charge in [-0.25, -0.2) is 13.9 Å². The van der Waals surface area contributed by atoms with Gasteiger partial charge in [0.25, 0.3) is 0 Å². The quantitative estimate of drug-likeness (QED) is 0.627. The van der Waals surface area contributed by atoms with Crippen LogP contribution >= 0.6 is 0 Å². The topological polar surface area (TPSA) is 66.4 Å². The summed E-state index contributed by atoms with van der Waals surface area (Å²) in [5.41, 5.74) is 2.05. The van der Waals surface area contributed by atoms with Crippen molar-refractivity contribution in [1.82, 2.24) is 5.48 Å². The first-order valence-corrected chi connectivity index (χ1v) is 6.03. The third-order valence-corrected chi connectivity index (χ3v) is 4.11. The minimum atomic E-state index is -2.77. The maximum atomic E-state index is 11.1. The molecule has 0 amide bonds. The van der Waals surface area contributed by atoms with Crippen molar-refractivity contribution in [2.24, 2.45) is 5.92 Å². The predicted octanol–water partition coefficient (Wildman–Crippen LogP) is 0.180. The molecule has 5 heteroatoms. The molecule has 12 heavy (non-hydrogen) atoms. The van der Waals surface area contributed by atoms with Gasteiger partial charge in [0.15, 0.2) is 9.84 Å². The van der Waals surface area contributed by atoms with Crippen LogP contribution in [0.4, 0.5) is 0 Å². The molecule has 4 nitrogen and oxygen atoms in total. The SMILES string of the molecule is O=S1(=O)CCCC(CCNO)C1. The molecule has 0 spiro atoms. The van der Waals surface area contributed by atoms with E-state index < -0.39 is 9.84 Å². The second-order valence-electron chi connectivity index (χ2n) is 3.32. The molecule has 1 saturated heterocycles. The van der Waals surface area contributed by atoms with E-state index in [2.05, 4.69) is 0 Å². The normalized spacial score (nSPS) is 28.6. The molecule has 1 fully saturated rings. The molecule has 1 rings (SSSR count). The van der Waals surface area contributed by atoms with Gasteiger partial charge in [-0.1, -0.05) is 0 Å². The average Bonchev–Trinajstić information content (AvgIpc) is 1.99. The number of hydrogen-bond donors (Lipinski definition) is 2. The zero-order valence-corrected chi connectivity index (χ0v) is 7.81. The first kappa shape index (κ1) is 9.95. The van der Waals surface area contributed by atoms with Gasteiger partial charge in [0.05, 0.1) is 11.5 Å². The Morgan fingerprint density at radius 1 is 1.50 bits per heavy atom. The Bertz CT molecular complexity index is 225. The van der Waals surface area contributed by atoms with Gasteiger partial charge in [0.1, 0.15) is 0 Å². The number of nitrogens with one attached hydrogen (secondary N) is 1. The van der Waals surface area contributed by atoms with Crippen LogP contribution in [0, 0.1) is 5.92 Å². The van der Waals surface area contributed by atoms with Crippen molar-refractivity contribution in [3.05, 3.63) is 0 Å². The van der Waals surface area contributed by atoms with Crippen LogP contribution in [-0.4, -0.2) is 31.7 Å². The predicted molar refractivity (Wildman–Crippen MR) is 45.8 cm³/mol. The van der Waals surface area contributed by atoms with Gasteiger partial charge >= 0.3 is 0 Å². The van der Waals surface area contributed by atoms with Gasteiger partial charge in [-0.05, 0) is 25.2 Å². The summed E-state index contributed by atoms with van der Waals surface area (Å²) in [6, 6.07) is 0. The van der Waals surface area contributed by atoms with Gasteiger partial charge in [0, 0.05) is 6.54 Å². The van der Waals surface area contributed by atoms with Crippen molar-refractivity contribution in [3.8, 4) is 0 Å². The summed E-state index contributed by atoms with van der Waals surface area (Å²) >= 11 is 0. The largest absolute Gasteiger partial charge is 0.317 e. The number of rotatable bonds is 3. The van der Waals surface area contributed by atoms with E-state index in [4.69, 9.17) is 5.21 Å². The lowest BCUT2D eigenvalue weighted by atomic mass is 10.0. The molecular weight excluding hydrogens is 178 g/mol. The lowest BCUT2D eigenvalue weighted by Gasteiger charge is -2.21. The summed E-state index contributed by atoms with van der Waals surface area (Å²) < 4.78 is 22.3. The second kappa shape index (κ2) is 4.20. The molecule has 0 radical (unpaired) electrons. The van der Waals surface area contributed by atoms with Crippen LogP contribution in [0.25, 0.3) is 0 Å². The third kappa shape index (κ3) is 3.08. The Balaban J connectivity index is 2.36. The van der Waals surface area contributed by atoms with E-state index in [0.717, 1.165) is 19.3 Å². The van der Waals surface area contributed by atoms with E-state index >= 15 is 0 Å². The van der Waals surface area contributed by atoms with E-state index in [-0.39, 0.29) is 5.92 Å². The lowest BCUT2D eigenvalue weighted by molar-refractivity contribution is 0.159. The summed E-state index contributed by atoms with van der Waals surface area (Å²) in [5.74, 6) is 0.883. The van der Waals surface area contributed by atoms with Crippen molar-refractivity contribution >= 4 is 9.84 Å². The summed E-state index contributed by atoms with van der Waals surface area (Å²) in [4.78, 5) is 0. The number of hydroxylamine groups is 1. The van der Waals surface area contributed by atoms with Crippen LogP contribution < -0.4 is 5.48 Å². The zero-order valence-electron chi connectivity index (χ0n) is 6.99. The molecule has 1 atom stereocenters. The van der Waals surface area contributed by atoms with Gasteiger partial charge in [0.2, 0.25) is 0 Å². The summed E-state index contributed by atoms with van der Waals surface area (Å²) in [7, 11) is -2.77. The van der Waals surface area contributed by atoms with Crippen molar-refractivity contribution in [2.75, 3.05) is 18.1 Å². The minimum Gasteiger partial charge on any atom is -0.317 e. The Hall–Kier alpha value is -0.130. The third-order valence-electron chi connectivity index (χ3n) is 2.22. The highest BCUT2D eigenvalue weighted by Crippen LogP contribution is 2.20. The fraction of sp³-hybridized carbons (Fsp3) is 1.00. The molecule has 0 aromatic rings. The zero-order chi connectivity index (χ0) is 9.03. The van der Waals surface area contributed by atoms with E-state index in [0.29, 0.717) is 18.1 Å². The Morgan fingerprint density at radius 3 is 2.83 bits per heavy atom. The maximum absolute atomic E-state index is 11.1. The Morgan fingerprint density at radius 2 is 2.25 bits per heavy atom. The molecule has 0 aliphatic carbocycles. The van der Waals surface area contributed by atoms with E-state index in [1.54, 1.807) is 0 Å². The second-order valence-corrected chi connectivity index (χ2v) is 5.55. The molecule has 0 bridgehead atoms. The van der Waals surface area contributed by atoms with Crippen LogP contribution in [0.1, 0.15) is 19.3 Å².